The largest absolute Gasteiger partial charge is 0.131 e. The molecule has 0 aliphatic heterocycles. The van der Waals surface area contributed by atoms with Crippen molar-refractivity contribution in [2.75, 3.05) is 0 Å². The molecule has 0 spiro atoms. The molecule has 0 saturated carbocycles. The summed E-state index contributed by atoms with van der Waals surface area (Å²) < 4.78 is 0. The van der Waals surface area contributed by atoms with E-state index in [1.165, 1.54) is 19.3 Å². The van der Waals surface area contributed by atoms with Crippen LogP contribution in [0.15, 0.2) is 0 Å². The Kier molecular flexibility index (Phi) is 4.52. The maximum Gasteiger partial charge on any atom is -0.0181 e. The van der Waals surface area contributed by atoms with E-state index in [1.807, 2.05) is 0 Å². The van der Waals surface area contributed by atoms with Gasteiger partial charge in [0.25, 0.3) is 0 Å². The maximum absolute atomic E-state index is 2.93. The third kappa shape index (κ3) is 4.28. The molecule has 2 unspecified atom stereocenters. The molecule has 0 nitrogen and oxygen atoms in total. The standard InChI is InChI=1S/C9H21P/c1-5-6-7-8(2)9(3,4)10/h8H,5-7,10H2,1-4H3. The van der Waals surface area contributed by atoms with Gasteiger partial charge in [-0.1, -0.05) is 40.5 Å². The lowest BCUT2D eigenvalue weighted by Gasteiger charge is -2.26. The van der Waals surface area contributed by atoms with E-state index in [9.17, 15) is 0 Å². The predicted molar refractivity (Wildman–Crippen MR) is 52.5 cm³/mol. The van der Waals surface area contributed by atoms with E-state index < -0.39 is 0 Å². The zero-order valence-corrected chi connectivity index (χ0v) is 8.93. The molecule has 0 radical (unpaired) electrons. The molecular weight excluding hydrogens is 139 g/mol. The van der Waals surface area contributed by atoms with E-state index in [1.54, 1.807) is 0 Å². The van der Waals surface area contributed by atoms with E-state index in [-0.39, 0.29) is 0 Å². The number of hydrogen-bond donors (Lipinski definition) is 0. The average Bonchev–Trinajstić information content (AvgIpc) is 1.80. The normalized spacial score (nSPS) is 15.3. The lowest BCUT2D eigenvalue weighted by atomic mass is 9.92. The topological polar surface area (TPSA) is 0 Å². The van der Waals surface area contributed by atoms with Gasteiger partial charge < -0.3 is 0 Å². The Bertz CT molecular complexity index is 81.2. The Morgan fingerprint density at radius 2 is 1.90 bits per heavy atom. The lowest BCUT2D eigenvalue weighted by molar-refractivity contribution is 0.415. The molecule has 0 aromatic rings. The van der Waals surface area contributed by atoms with Crippen LogP contribution in [-0.4, -0.2) is 5.16 Å². The molecule has 0 bridgehead atoms. The summed E-state index contributed by atoms with van der Waals surface area (Å²) in [6.07, 6.45) is 4.07. The van der Waals surface area contributed by atoms with Crippen LogP contribution >= 0.6 is 9.24 Å². The Morgan fingerprint density at radius 1 is 1.40 bits per heavy atom. The first-order valence-corrected chi connectivity index (χ1v) is 4.85. The van der Waals surface area contributed by atoms with Crippen molar-refractivity contribution in [1.29, 1.82) is 0 Å². The van der Waals surface area contributed by atoms with Crippen molar-refractivity contribution in [2.45, 2.75) is 52.1 Å². The third-order valence-electron chi connectivity index (χ3n) is 2.26. The molecule has 0 heterocycles. The van der Waals surface area contributed by atoms with Crippen LogP contribution in [0.3, 0.4) is 0 Å². The summed E-state index contributed by atoms with van der Waals surface area (Å²) in [4.78, 5) is 0. The number of unbranched alkanes of at least 4 members (excludes halogenated alkanes) is 1. The molecule has 0 rings (SSSR count). The van der Waals surface area contributed by atoms with Gasteiger partial charge in [0, 0.05) is 0 Å². The highest BCUT2D eigenvalue weighted by Crippen LogP contribution is 2.29. The Balaban J connectivity index is 3.52. The molecule has 0 N–H and O–H groups in total. The van der Waals surface area contributed by atoms with Gasteiger partial charge in [0.1, 0.15) is 0 Å². The Morgan fingerprint density at radius 3 is 2.20 bits per heavy atom. The van der Waals surface area contributed by atoms with Crippen LogP contribution in [0, 0.1) is 5.92 Å². The van der Waals surface area contributed by atoms with Crippen LogP contribution in [0.4, 0.5) is 0 Å². The second kappa shape index (κ2) is 4.34. The summed E-state index contributed by atoms with van der Waals surface area (Å²) in [5.41, 5.74) is 0. The summed E-state index contributed by atoms with van der Waals surface area (Å²) in [5, 5.41) is 0.426. The molecule has 0 fully saturated rings. The van der Waals surface area contributed by atoms with Crippen LogP contribution < -0.4 is 0 Å². The van der Waals surface area contributed by atoms with Gasteiger partial charge in [-0.25, -0.2) is 0 Å². The van der Waals surface area contributed by atoms with Gasteiger partial charge in [-0.05, 0) is 17.5 Å². The summed E-state index contributed by atoms with van der Waals surface area (Å²) >= 11 is 0. The van der Waals surface area contributed by atoms with E-state index in [2.05, 4.69) is 36.9 Å². The highest BCUT2D eigenvalue weighted by molar-refractivity contribution is 7.18. The fourth-order valence-corrected chi connectivity index (χ4v) is 1.05. The zero-order chi connectivity index (χ0) is 8.20. The van der Waals surface area contributed by atoms with Crippen LogP contribution in [0.5, 0.6) is 0 Å². The summed E-state index contributed by atoms with van der Waals surface area (Å²) in [7, 11) is 2.93. The quantitative estimate of drug-likeness (QED) is 0.552. The average molecular weight is 160 g/mol. The molecular formula is C9H21P. The van der Waals surface area contributed by atoms with Crippen molar-refractivity contribution in [3.05, 3.63) is 0 Å². The zero-order valence-electron chi connectivity index (χ0n) is 7.78. The monoisotopic (exact) mass is 160 g/mol. The van der Waals surface area contributed by atoms with Gasteiger partial charge >= 0.3 is 0 Å². The Hall–Kier alpha value is 0.430. The molecule has 0 aromatic carbocycles. The molecule has 0 amide bonds. The maximum atomic E-state index is 2.93. The summed E-state index contributed by atoms with van der Waals surface area (Å²) in [6, 6.07) is 0. The minimum Gasteiger partial charge on any atom is -0.131 e. The van der Waals surface area contributed by atoms with E-state index in [0.717, 1.165) is 5.92 Å². The van der Waals surface area contributed by atoms with Crippen molar-refractivity contribution in [3.8, 4) is 0 Å². The van der Waals surface area contributed by atoms with Gasteiger partial charge in [-0.15, -0.1) is 9.24 Å². The minimum atomic E-state index is 0.426. The fourth-order valence-electron chi connectivity index (χ4n) is 0.882. The van der Waals surface area contributed by atoms with E-state index in [4.69, 9.17) is 0 Å². The Labute approximate surface area is 68.0 Å². The molecule has 0 saturated heterocycles. The predicted octanol–water partition coefficient (Wildman–Crippen LogP) is 3.47. The first kappa shape index (κ1) is 10.4. The van der Waals surface area contributed by atoms with Crippen LogP contribution in [0.25, 0.3) is 0 Å². The van der Waals surface area contributed by atoms with Gasteiger partial charge in [-0.2, -0.15) is 0 Å². The smallest absolute Gasteiger partial charge is 0.0181 e. The van der Waals surface area contributed by atoms with Crippen LogP contribution in [0.1, 0.15) is 47.0 Å². The SMILES string of the molecule is CCCCC(C)C(C)(C)P. The van der Waals surface area contributed by atoms with Crippen LogP contribution in [-0.2, 0) is 0 Å². The molecule has 1 heteroatoms. The van der Waals surface area contributed by atoms with Crippen LogP contribution in [0.2, 0.25) is 0 Å². The van der Waals surface area contributed by atoms with Crippen molar-refractivity contribution < 1.29 is 0 Å². The van der Waals surface area contributed by atoms with Crippen molar-refractivity contribution >= 4 is 9.24 Å². The van der Waals surface area contributed by atoms with Gasteiger partial charge in [-0.3, -0.25) is 0 Å². The minimum absolute atomic E-state index is 0.426. The second-order valence-electron chi connectivity index (χ2n) is 3.86. The molecule has 10 heavy (non-hydrogen) atoms. The van der Waals surface area contributed by atoms with Crippen molar-refractivity contribution in [3.63, 3.8) is 0 Å². The van der Waals surface area contributed by atoms with E-state index >= 15 is 0 Å². The second-order valence-corrected chi connectivity index (χ2v) is 5.35. The van der Waals surface area contributed by atoms with Gasteiger partial charge in [0.15, 0.2) is 0 Å². The first-order valence-electron chi connectivity index (χ1n) is 4.27. The molecule has 0 aliphatic rings. The number of hydrogen-bond acceptors (Lipinski definition) is 0. The molecule has 2 atom stereocenters. The fraction of sp³-hybridized carbons (Fsp3) is 1.00. The summed E-state index contributed by atoms with van der Waals surface area (Å²) in [6.45, 7) is 9.17. The highest BCUT2D eigenvalue weighted by atomic mass is 31.0. The summed E-state index contributed by atoms with van der Waals surface area (Å²) in [5.74, 6) is 0.831. The lowest BCUT2D eigenvalue weighted by Crippen LogP contribution is -2.20. The van der Waals surface area contributed by atoms with Crippen molar-refractivity contribution in [2.24, 2.45) is 5.92 Å². The highest BCUT2D eigenvalue weighted by Gasteiger charge is 2.18. The molecule has 0 aromatic heterocycles. The third-order valence-corrected chi connectivity index (χ3v) is 2.83. The molecule has 62 valence electrons. The first-order chi connectivity index (χ1) is 4.48. The molecule has 0 aliphatic carbocycles. The van der Waals surface area contributed by atoms with Gasteiger partial charge in [0.05, 0.1) is 0 Å². The van der Waals surface area contributed by atoms with Crippen molar-refractivity contribution in [1.82, 2.24) is 0 Å². The van der Waals surface area contributed by atoms with E-state index in [0.29, 0.717) is 5.16 Å². The van der Waals surface area contributed by atoms with Gasteiger partial charge in [0.2, 0.25) is 0 Å². The number of rotatable bonds is 4.